The largest absolute Gasteiger partial charge is 0.383 e. The molecule has 1 saturated carbocycles. The molecule has 1 unspecified atom stereocenters. The van der Waals surface area contributed by atoms with Crippen LogP contribution in [0.15, 0.2) is 0 Å². The summed E-state index contributed by atoms with van der Waals surface area (Å²) in [5, 5.41) is 6.22. The minimum Gasteiger partial charge on any atom is -0.383 e. The summed E-state index contributed by atoms with van der Waals surface area (Å²) in [5.41, 5.74) is 0.479. The first-order chi connectivity index (χ1) is 7.58. The Labute approximate surface area is 98.1 Å². The number of hydrogen-bond acceptors (Lipinski definition) is 3. The van der Waals surface area contributed by atoms with Gasteiger partial charge in [0.25, 0.3) is 0 Å². The third kappa shape index (κ3) is 4.49. The first-order valence-corrected chi connectivity index (χ1v) is 6.07. The molecule has 0 aliphatic heterocycles. The van der Waals surface area contributed by atoms with E-state index in [0.29, 0.717) is 31.0 Å². The van der Waals surface area contributed by atoms with E-state index in [0.717, 1.165) is 6.54 Å². The molecule has 1 amide bonds. The summed E-state index contributed by atoms with van der Waals surface area (Å²) < 4.78 is 4.86. The van der Waals surface area contributed by atoms with Crippen LogP contribution in [0.25, 0.3) is 0 Å². The van der Waals surface area contributed by atoms with Crippen LogP contribution < -0.4 is 10.6 Å². The van der Waals surface area contributed by atoms with Crippen LogP contribution in [0.5, 0.6) is 0 Å². The van der Waals surface area contributed by atoms with Crippen LogP contribution in [0.3, 0.4) is 0 Å². The van der Waals surface area contributed by atoms with Gasteiger partial charge in [-0.3, -0.25) is 4.79 Å². The highest BCUT2D eigenvalue weighted by molar-refractivity contribution is 5.76. The third-order valence-electron chi connectivity index (χ3n) is 3.52. The predicted molar refractivity (Wildman–Crippen MR) is 64.3 cm³/mol. The molecule has 4 nitrogen and oxygen atoms in total. The fourth-order valence-corrected chi connectivity index (χ4v) is 1.66. The summed E-state index contributed by atoms with van der Waals surface area (Å²) in [6, 6.07) is 0.513. The number of ether oxygens (including phenoxy) is 1. The molecule has 0 aromatic heterocycles. The topological polar surface area (TPSA) is 50.4 Å². The number of amides is 1. The second-order valence-corrected chi connectivity index (χ2v) is 4.92. The van der Waals surface area contributed by atoms with Gasteiger partial charge in [0.1, 0.15) is 0 Å². The normalized spacial score (nSPS) is 19.2. The van der Waals surface area contributed by atoms with Crippen LogP contribution >= 0.6 is 0 Å². The molecule has 16 heavy (non-hydrogen) atoms. The van der Waals surface area contributed by atoms with Gasteiger partial charge in [0.2, 0.25) is 5.91 Å². The quantitative estimate of drug-likeness (QED) is 0.607. The van der Waals surface area contributed by atoms with Crippen LogP contribution in [-0.4, -0.2) is 38.8 Å². The van der Waals surface area contributed by atoms with Crippen LogP contribution in [0.1, 0.15) is 33.1 Å². The Morgan fingerprint density at radius 2 is 2.12 bits per heavy atom. The van der Waals surface area contributed by atoms with Crippen molar-refractivity contribution in [1.82, 2.24) is 10.6 Å². The molecule has 1 rings (SSSR count). The van der Waals surface area contributed by atoms with Crippen molar-refractivity contribution in [3.05, 3.63) is 0 Å². The average Bonchev–Trinajstić information content (AvgIpc) is 2.98. The van der Waals surface area contributed by atoms with Crippen molar-refractivity contribution in [3.63, 3.8) is 0 Å². The zero-order valence-electron chi connectivity index (χ0n) is 10.6. The average molecular weight is 228 g/mol. The van der Waals surface area contributed by atoms with Crippen molar-refractivity contribution in [2.24, 2.45) is 5.41 Å². The van der Waals surface area contributed by atoms with Gasteiger partial charge < -0.3 is 15.4 Å². The minimum atomic E-state index is 0.0951. The smallest absolute Gasteiger partial charge is 0.221 e. The lowest BCUT2D eigenvalue weighted by molar-refractivity contribution is -0.121. The minimum absolute atomic E-state index is 0.0951. The summed E-state index contributed by atoms with van der Waals surface area (Å²) in [6.07, 6.45) is 3.16. The van der Waals surface area contributed by atoms with Gasteiger partial charge >= 0.3 is 0 Å². The number of carbonyl (C=O) groups excluding carboxylic acids is 1. The highest BCUT2D eigenvalue weighted by atomic mass is 16.5. The van der Waals surface area contributed by atoms with Gasteiger partial charge in [-0.25, -0.2) is 0 Å². The van der Waals surface area contributed by atoms with E-state index < -0.39 is 0 Å². The summed E-state index contributed by atoms with van der Waals surface area (Å²) in [4.78, 5) is 11.4. The van der Waals surface area contributed by atoms with Gasteiger partial charge in [-0.05, 0) is 25.2 Å². The maximum atomic E-state index is 11.4. The Hall–Kier alpha value is -0.610. The first kappa shape index (κ1) is 13.5. The number of methoxy groups -OCH3 is 1. The third-order valence-corrected chi connectivity index (χ3v) is 3.52. The van der Waals surface area contributed by atoms with Crippen LogP contribution in [0.2, 0.25) is 0 Å². The summed E-state index contributed by atoms with van der Waals surface area (Å²) in [5.74, 6) is 0.0951. The number of nitrogens with one attached hydrogen (secondary N) is 2. The van der Waals surface area contributed by atoms with Crippen molar-refractivity contribution >= 4 is 5.91 Å². The lowest BCUT2D eigenvalue weighted by atomic mass is 10.0. The Morgan fingerprint density at radius 3 is 2.69 bits per heavy atom. The number of hydrogen-bond donors (Lipinski definition) is 2. The Bertz CT molecular complexity index is 227. The summed E-state index contributed by atoms with van der Waals surface area (Å²) in [7, 11) is 1.63. The number of carbonyl (C=O) groups is 1. The molecule has 94 valence electrons. The predicted octanol–water partition coefficient (Wildman–Crippen LogP) is 0.917. The molecule has 0 aromatic carbocycles. The lowest BCUT2D eigenvalue weighted by Crippen LogP contribution is -2.36. The Kier molecular flexibility index (Phi) is 5.22. The molecule has 0 aromatic rings. The molecule has 1 aliphatic carbocycles. The highest BCUT2D eigenvalue weighted by Crippen LogP contribution is 2.47. The molecule has 0 heterocycles. The van der Waals surface area contributed by atoms with Crippen molar-refractivity contribution in [1.29, 1.82) is 0 Å². The Morgan fingerprint density at radius 1 is 1.44 bits per heavy atom. The van der Waals surface area contributed by atoms with E-state index in [1.54, 1.807) is 7.11 Å². The van der Waals surface area contributed by atoms with E-state index >= 15 is 0 Å². The standard InChI is InChI=1S/C12H24N2O2/c1-10(12(2)5-6-12)13-7-4-11(15)14-8-9-16-3/h10,13H,4-9H2,1-3H3,(H,14,15). The van der Waals surface area contributed by atoms with Crippen molar-refractivity contribution < 1.29 is 9.53 Å². The number of rotatable bonds is 8. The molecule has 2 N–H and O–H groups in total. The van der Waals surface area contributed by atoms with Crippen LogP contribution in [0.4, 0.5) is 0 Å². The van der Waals surface area contributed by atoms with Gasteiger partial charge in [-0.1, -0.05) is 6.92 Å². The lowest BCUT2D eigenvalue weighted by Gasteiger charge is -2.20. The zero-order valence-corrected chi connectivity index (χ0v) is 10.6. The first-order valence-electron chi connectivity index (χ1n) is 6.07. The molecule has 1 fully saturated rings. The molecule has 0 saturated heterocycles. The van der Waals surface area contributed by atoms with E-state index in [2.05, 4.69) is 24.5 Å². The van der Waals surface area contributed by atoms with Gasteiger partial charge in [0, 0.05) is 32.7 Å². The van der Waals surface area contributed by atoms with Gasteiger partial charge in [0.05, 0.1) is 6.61 Å². The highest BCUT2D eigenvalue weighted by Gasteiger charge is 2.41. The Balaban J connectivity index is 1.99. The maximum Gasteiger partial charge on any atom is 0.221 e. The van der Waals surface area contributed by atoms with E-state index in [1.165, 1.54) is 12.8 Å². The molecule has 4 heteroatoms. The van der Waals surface area contributed by atoms with Crippen molar-refractivity contribution in [2.75, 3.05) is 26.8 Å². The second-order valence-electron chi connectivity index (χ2n) is 4.92. The molecular weight excluding hydrogens is 204 g/mol. The molecule has 0 bridgehead atoms. The van der Waals surface area contributed by atoms with Gasteiger partial charge in [-0.2, -0.15) is 0 Å². The van der Waals surface area contributed by atoms with Crippen LogP contribution in [-0.2, 0) is 9.53 Å². The molecular formula is C12H24N2O2. The maximum absolute atomic E-state index is 11.4. The SMILES string of the molecule is COCCNC(=O)CCNC(C)C1(C)CC1. The van der Waals surface area contributed by atoms with Gasteiger partial charge in [-0.15, -0.1) is 0 Å². The van der Waals surface area contributed by atoms with E-state index in [-0.39, 0.29) is 5.91 Å². The van der Waals surface area contributed by atoms with Crippen molar-refractivity contribution in [3.8, 4) is 0 Å². The zero-order chi connectivity index (χ0) is 12.0. The summed E-state index contributed by atoms with van der Waals surface area (Å²) >= 11 is 0. The van der Waals surface area contributed by atoms with Crippen molar-refractivity contribution in [2.45, 2.75) is 39.2 Å². The molecule has 1 aliphatic rings. The fourth-order valence-electron chi connectivity index (χ4n) is 1.66. The second kappa shape index (κ2) is 6.21. The van der Waals surface area contributed by atoms with Crippen LogP contribution in [0, 0.1) is 5.41 Å². The van der Waals surface area contributed by atoms with E-state index in [4.69, 9.17) is 4.74 Å². The monoisotopic (exact) mass is 228 g/mol. The molecule has 0 radical (unpaired) electrons. The van der Waals surface area contributed by atoms with Gasteiger partial charge in [0.15, 0.2) is 0 Å². The fraction of sp³-hybridized carbons (Fsp3) is 0.917. The molecule has 1 atom stereocenters. The molecule has 0 spiro atoms. The van der Waals surface area contributed by atoms with E-state index in [9.17, 15) is 4.79 Å². The van der Waals surface area contributed by atoms with E-state index in [1.807, 2.05) is 0 Å². The summed E-state index contributed by atoms with van der Waals surface area (Å²) in [6.45, 7) is 6.44.